The van der Waals surface area contributed by atoms with Gasteiger partial charge >= 0.3 is 6.18 Å². The quantitative estimate of drug-likeness (QED) is 0.681. The van der Waals surface area contributed by atoms with Crippen molar-refractivity contribution in [2.24, 2.45) is 0 Å². The van der Waals surface area contributed by atoms with Crippen LogP contribution in [0, 0.1) is 6.92 Å². The van der Waals surface area contributed by atoms with Gasteiger partial charge in [0.15, 0.2) is 5.65 Å². The first-order chi connectivity index (χ1) is 11.4. The predicted octanol–water partition coefficient (Wildman–Crippen LogP) is 2.83. The van der Waals surface area contributed by atoms with Gasteiger partial charge in [-0.05, 0) is 24.6 Å². The van der Waals surface area contributed by atoms with Crippen LogP contribution in [0.15, 0.2) is 30.5 Å². The molecular formula is C15H14F3N5O. The van der Waals surface area contributed by atoms with Gasteiger partial charge in [0, 0.05) is 0 Å². The fraction of sp³-hybridized carbons (Fsp3) is 0.267. The molecule has 2 heterocycles. The molecular weight excluding hydrogens is 323 g/mol. The van der Waals surface area contributed by atoms with E-state index >= 15 is 0 Å². The number of aromatic nitrogens is 4. The van der Waals surface area contributed by atoms with E-state index in [9.17, 15) is 18.3 Å². The fourth-order valence-corrected chi connectivity index (χ4v) is 2.39. The van der Waals surface area contributed by atoms with Crippen molar-refractivity contribution in [1.82, 2.24) is 20.2 Å². The number of aromatic amines is 1. The molecule has 0 amide bonds. The maximum absolute atomic E-state index is 12.9. The second kappa shape index (κ2) is 6.08. The van der Waals surface area contributed by atoms with Crippen molar-refractivity contribution in [2.45, 2.75) is 19.1 Å². The van der Waals surface area contributed by atoms with Crippen molar-refractivity contribution in [1.29, 1.82) is 0 Å². The molecule has 0 spiro atoms. The Morgan fingerprint density at radius 3 is 2.79 bits per heavy atom. The number of fused-ring (bicyclic) bond motifs is 1. The van der Waals surface area contributed by atoms with Gasteiger partial charge in [0.1, 0.15) is 11.6 Å². The number of hydrogen-bond acceptors (Lipinski definition) is 5. The van der Waals surface area contributed by atoms with Crippen LogP contribution in [0.25, 0.3) is 11.0 Å². The Balaban J connectivity index is 1.96. The monoisotopic (exact) mass is 337 g/mol. The Morgan fingerprint density at radius 1 is 1.29 bits per heavy atom. The van der Waals surface area contributed by atoms with E-state index in [1.807, 2.05) is 0 Å². The summed E-state index contributed by atoms with van der Waals surface area (Å²) in [5.41, 5.74) is 0.0403. The number of hydrogen-bond donors (Lipinski definition) is 3. The number of H-pyrrole nitrogens is 1. The maximum Gasteiger partial charge on any atom is 0.416 e. The number of halogens is 3. The summed E-state index contributed by atoms with van der Waals surface area (Å²) in [5.74, 6) is 0.859. The molecule has 3 aromatic rings. The summed E-state index contributed by atoms with van der Waals surface area (Å²) in [5, 5.41) is 19.8. The van der Waals surface area contributed by atoms with Crippen LogP contribution in [0.2, 0.25) is 0 Å². The number of nitrogens with zero attached hydrogens (tertiary/aromatic N) is 3. The molecule has 1 aromatic carbocycles. The van der Waals surface area contributed by atoms with Crippen molar-refractivity contribution in [3.63, 3.8) is 0 Å². The molecule has 3 N–H and O–H groups in total. The van der Waals surface area contributed by atoms with Crippen LogP contribution in [0.3, 0.4) is 0 Å². The first-order valence-corrected chi connectivity index (χ1v) is 7.11. The van der Waals surface area contributed by atoms with Gasteiger partial charge in [-0.2, -0.15) is 18.3 Å². The van der Waals surface area contributed by atoms with E-state index in [1.165, 1.54) is 18.3 Å². The number of nitrogens with one attached hydrogen (secondary N) is 2. The highest BCUT2D eigenvalue weighted by atomic mass is 19.4. The molecule has 0 bridgehead atoms. The van der Waals surface area contributed by atoms with Crippen molar-refractivity contribution in [3.8, 4) is 0 Å². The van der Waals surface area contributed by atoms with Crippen LogP contribution < -0.4 is 5.32 Å². The fourth-order valence-electron chi connectivity index (χ4n) is 2.39. The van der Waals surface area contributed by atoms with E-state index in [1.54, 1.807) is 6.92 Å². The Bertz CT molecular complexity index is 862. The van der Waals surface area contributed by atoms with Gasteiger partial charge in [-0.25, -0.2) is 9.97 Å². The van der Waals surface area contributed by atoms with Crippen molar-refractivity contribution in [2.75, 3.05) is 11.9 Å². The second-order valence-electron chi connectivity index (χ2n) is 5.25. The molecule has 0 saturated carbocycles. The summed E-state index contributed by atoms with van der Waals surface area (Å²) < 4.78 is 38.6. The maximum atomic E-state index is 12.9. The number of alkyl halides is 3. The average molecular weight is 337 g/mol. The number of aryl methyl sites for hydroxylation is 1. The third-order valence-corrected chi connectivity index (χ3v) is 3.53. The second-order valence-corrected chi connectivity index (χ2v) is 5.25. The lowest BCUT2D eigenvalue weighted by Crippen LogP contribution is -2.17. The number of anilines is 1. The Hall–Kier alpha value is -2.68. The zero-order chi connectivity index (χ0) is 17.3. The number of benzene rings is 1. The summed E-state index contributed by atoms with van der Waals surface area (Å²) in [4.78, 5) is 8.41. The van der Waals surface area contributed by atoms with Crippen molar-refractivity contribution in [3.05, 3.63) is 47.4 Å². The van der Waals surface area contributed by atoms with Gasteiger partial charge in [-0.3, -0.25) is 5.10 Å². The Labute approximate surface area is 134 Å². The Kier molecular flexibility index (Phi) is 4.10. The largest absolute Gasteiger partial charge is 0.416 e. The van der Waals surface area contributed by atoms with E-state index in [4.69, 9.17) is 0 Å². The molecule has 0 fully saturated rings. The summed E-state index contributed by atoms with van der Waals surface area (Å²) in [6.07, 6.45) is -2.93. The minimum absolute atomic E-state index is 0.306. The molecule has 1 unspecified atom stereocenters. The zero-order valence-corrected chi connectivity index (χ0v) is 12.6. The highest BCUT2D eigenvalue weighted by Crippen LogP contribution is 2.31. The van der Waals surface area contributed by atoms with Crippen LogP contribution in [0.1, 0.15) is 23.0 Å². The molecule has 0 aliphatic rings. The van der Waals surface area contributed by atoms with Crippen LogP contribution in [0.5, 0.6) is 0 Å². The van der Waals surface area contributed by atoms with Crippen LogP contribution >= 0.6 is 0 Å². The van der Waals surface area contributed by atoms with E-state index in [2.05, 4.69) is 25.5 Å². The van der Waals surface area contributed by atoms with Gasteiger partial charge in [0.05, 0.1) is 29.8 Å². The summed E-state index contributed by atoms with van der Waals surface area (Å²) >= 11 is 0. The lowest BCUT2D eigenvalue weighted by atomic mass is 10.0. The van der Waals surface area contributed by atoms with Crippen LogP contribution in [-0.2, 0) is 6.18 Å². The molecule has 1 atom stereocenters. The lowest BCUT2D eigenvalue weighted by molar-refractivity contribution is -0.137. The topological polar surface area (TPSA) is 86.7 Å². The molecule has 9 heteroatoms. The smallest absolute Gasteiger partial charge is 0.394 e. The minimum Gasteiger partial charge on any atom is -0.394 e. The molecule has 2 aromatic heterocycles. The van der Waals surface area contributed by atoms with Crippen molar-refractivity contribution >= 4 is 16.9 Å². The summed E-state index contributed by atoms with van der Waals surface area (Å²) in [7, 11) is 0. The zero-order valence-electron chi connectivity index (χ0n) is 12.6. The summed E-state index contributed by atoms with van der Waals surface area (Å²) in [6, 6.07) is 4.07. The number of aliphatic hydroxyl groups excluding tert-OH is 1. The average Bonchev–Trinajstić information content (AvgIpc) is 3.00. The van der Waals surface area contributed by atoms with E-state index < -0.39 is 24.4 Å². The molecule has 0 aliphatic heterocycles. The van der Waals surface area contributed by atoms with Gasteiger partial charge in [0.25, 0.3) is 0 Å². The molecule has 0 saturated heterocycles. The lowest BCUT2D eigenvalue weighted by Gasteiger charge is -2.19. The van der Waals surface area contributed by atoms with Crippen molar-refractivity contribution < 1.29 is 18.3 Å². The van der Waals surface area contributed by atoms with E-state index in [0.29, 0.717) is 28.2 Å². The molecule has 3 rings (SSSR count). The van der Waals surface area contributed by atoms with Crippen LogP contribution in [0.4, 0.5) is 19.0 Å². The summed E-state index contributed by atoms with van der Waals surface area (Å²) in [6.45, 7) is 1.29. The van der Waals surface area contributed by atoms with E-state index in [-0.39, 0.29) is 0 Å². The third kappa shape index (κ3) is 3.16. The number of rotatable bonds is 4. The third-order valence-electron chi connectivity index (χ3n) is 3.53. The first-order valence-electron chi connectivity index (χ1n) is 7.11. The highest BCUT2D eigenvalue weighted by molar-refractivity contribution is 5.86. The SMILES string of the molecule is Cc1nc(NC(CO)c2cccc(C(F)(F)F)c2)c2cn[nH]c2n1. The molecule has 126 valence electrons. The minimum atomic E-state index is -4.45. The molecule has 24 heavy (non-hydrogen) atoms. The van der Waals surface area contributed by atoms with Gasteiger partial charge < -0.3 is 10.4 Å². The van der Waals surface area contributed by atoms with Gasteiger partial charge in [0.2, 0.25) is 0 Å². The molecule has 6 nitrogen and oxygen atoms in total. The van der Waals surface area contributed by atoms with Crippen LogP contribution in [-0.4, -0.2) is 31.9 Å². The van der Waals surface area contributed by atoms with Gasteiger partial charge in [-0.1, -0.05) is 12.1 Å². The predicted molar refractivity (Wildman–Crippen MR) is 81.3 cm³/mol. The molecule has 0 radical (unpaired) electrons. The highest BCUT2D eigenvalue weighted by Gasteiger charge is 2.31. The molecule has 0 aliphatic carbocycles. The Morgan fingerprint density at radius 2 is 2.08 bits per heavy atom. The number of aliphatic hydroxyl groups is 1. The normalized spacial score (nSPS) is 13.2. The van der Waals surface area contributed by atoms with Gasteiger partial charge in [-0.15, -0.1) is 0 Å². The van der Waals surface area contributed by atoms with E-state index in [0.717, 1.165) is 12.1 Å². The standard InChI is InChI=1S/C15H14F3N5O/c1-8-20-13(11-6-19-23-14(11)21-8)22-12(7-24)9-3-2-4-10(5-9)15(16,17)18/h2-6,12,24H,7H2,1H3,(H2,19,20,21,22,23). The first kappa shape index (κ1) is 16.2.